The van der Waals surface area contributed by atoms with Crippen molar-refractivity contribution in [1.29, 1.82) is 0 Å². The Morgan fingerprint density at radius 1 is 1.18 bits per heavy atom. The van der Waals surface area contributed by atoms with E-state index in [9.17, 15) is 9.59 Å². The van der Waals surface area contributed by atoms with Gasteiger partial charge in [0.15, 0.2) is 0 Å². The molecule has 1 aliphatic heterocycles. The highest BCUT2D eigenvalue weighted by Gasteiger charge is 2.34. The summed E-state index contributed by atoms with van der Waals surface area (Å²) in [5.41, 5.74) is 3.15. The third-order valence-corrected chi connectivity index (χ3v) is 7.49. The molecule has 0 spiro atoms. The van der Waals surface area contributed by atoms with Crippen LogP contribution in [0.2, 0.25) is 0 Å². The molecule has 0 bridgehead atoms. The first-order valence-electron chi connectivity index (χ1n) is 11.7. The van der Waals surface area contributed by atoms with Gasteiger partial charge in [-0.2, -0.15) is 0 Å². The van der Waals surface area contributed by atoms with Crippen LogP contribution in [0.25, 0.3) is 11.3 Å². The Morgan fingerprint density at radius 2 is 1.94 bits per heavy atom. The van der Waals surface area contributed by atoms with E-state index in [1.54, 1.807) is 6.20 Å². The Labute approximate surface area is 214 Å². The minimum atomic E-state index is -0.356. The fourth-order valence-electron chi connectivity index (χ4n) is 4.16. The molecule has 34 heavy (non-hydrogen) atoms. The molecule has 2 atom stereocenters. The van der Waals surface area contributed by atoms with Crippen LogP contribution in [0.5, 0.6) is 0 Å². The number of hydrogen-bond acceptors (Lipinski definition) is 4. The Morgan fingerprint density at radius 3 is 2.68 bits per heavy atom. The number of nitrogens with zero attached hydrogens (tertiary/aromatic N) is 2. The van der Waals surface area contributed by atoms with Gasteiger partial charge in [-0.05, 0) is 59.0 Å². The second-order valence-electron chi connectivity index (χ2n) is 9.16. The summed E-state index contributed by atoms with van der Waals surface area (Å²) in [6.07, 6.45) is 3.65. The van der Waals surface area contributed by atoms with Gasteiger partial charge in [0.05, 0.1) is 23.5 Å². The molecule has 0 radical (unpaired) electrons. The van der Waals surface area contributed by atoms with E-state index < -0.39 is 0 Å². The number of hydrogen-bond donors (Lipinski definition) is 1. The average Bonchev–Trinajstić information content (AvgIpc) is 3.52. The van der Waals surface area contributed by atoms with Gasteiger partial charge in [0.2, 0.25) is 5.91 Å². The van der Waals surface area contributed by atoms with Gasteiger partial charge < -0.3 is 14.6 Å². The summed E-state index contributed by atoms with van der Waals surface area (Å²) >= 11 is 2.15. The summed E-state index contributed by atoms with van der Waals surface area (Å²) in [7, 11) is 0. The number of esters is 1. The number of imidazole rings is 1. The molecular formula is C27H30IN3O3. The first kappa shape index (κ1) is 24.4. The summed E-state index contributed by atoms with van der Waals surface area (Å²) in [4.78, 5) is 35.8. The maximum atomic E-state index is 13.0. The second kappa shape index (κ2) is 10.7. The predicted molar refractivity (Wildman–Crippen MR) is 140 cm³/mol. The second-order valence-corrected chi connectivity index (χ2v) is 10.3. The normalized spacial score (nSPS) is 16.6. The molecule has 2 aromatic carbocycles. The van der Waals surface area contributed by atoms with Crippen molar-refractivity contribution in [3.63, 3.8) is 0 Å². The summed E-state index contributed by atoms with van der Waals surface area (Å²) in [5, 5.41) is 0. The average molecular weight is 571 g/mol. The number of ether oxygens (including phenoxy) is 1. The van der Waals surface area contributed by atoms with Crippen molar-refractivity contribution < 1.29 is 14.3 Å². The molecule has 4 rings (SSSR count). The topological polar surface area (TPSA) is 75.3 Å². The van der Waals surface area contributed by atoms with Crippen molar-refractivity contribution >= 4 is 34.5 Å². The quantitative estimate of drug-likeness (QED) is 0.279. The molecule has 1 aromatic heterocycles. The van der Waals surface area contributed by atoms with E-state index >= 15 is 0 Å². The zero-order valence-electron chi connectivity index (χ0n) is 19.8. The largest absolute Gasteiger partial charge is 0.457 e. The summed E-state index contributed by atoms with van der Waals surface area (Å²) < 4.78 is 6.37. The SMILES string of the molecule is CC(C)[C@H](C)C(=O)N1CCC[C@H]1c1ncc(-c2ccc(I)c(C(=O)OCc3ccccc3)c2)[nH]1. The van der Waals surface area contributed by atoms with Crippen molar-refractivity contribution in [3.8, 4) is 11.3 Å². The molecule has 7 heteroatoms. The van der Waals surface area contributed by atoms with Crippen molar-refractivity contribution in [2.75, 3.05) is 6.54 Å². The maximum Gasteiger partial charge on any atom is 0.339 e. The number of rotatable bonds is 7. The van der Waals surface area contributed by atoms with E-state index in [0.717, 1.165) is 45.6 Å². The number of carbonyl (C=O) groups is 2. The number of nitrogens with one attached hydrogen (secondary N) is 1. The Kier molecular flexibility index (Phi) is 7.70. The Hall–Kier alpha value is -2.68. The van der Waals surface area contributed by atoms with Crippen LogP contribution in [0.15, 0.2) is 54.7 Å². The highest BCUT2D eigenvalue weighted by molar-refractivity contribution is 14.1. The van der Waals surface area contributed by atoms with Crippen molar-refractivity contribution in [1.82, 2.24) is 14.9 Å². The van der Waals surface area contributed by atoms with Crippen LogP contribution < -0.4 is 0 Å². The van der Waals surface area contributed by atoms with Gasteiger partial charge in [-0.1, -0.05) is 57.2 Å². The van der Waals surface area contributed by atoms with Gasteiger partial charge in [0.1, 0.15) is 12.4 Å². The molecule has 1 N–H and O–H groups in total. The Bertz CT molecular complexity index is 1160. The molecule has 3 aromatic rings. The van der Waals surface area contributed by atoms with Crippen molar-refractivity contribution in [2.24, 2.45) is 11.8 Å². The van der Waals surface area contributed by atoms with Gasteiger partial charge >= 0.3 is 5.97 Å². The van der Waals surface area contributed by atoms with Crippen LogP contribution in [0.3, 0.4) is 0 Å². The van der Waals surface area contributed by atoms with Crippen LogP contribution in [0.1, 0.15) is 61.4 Å². The molecule has 2 heterocycles. The first-order chi connectivity index (χ1) is 16.3. The maximum absolute atomic E-state index is 13.0. The molecule has 1 amide bonds. The van der Waals surface area contributed by atoms with E-state index in [-0.39, 0.29) is 30.4 Å². The van der Waals surface area contributed by atoms with E-state index in [2.05, 4.69) is 46.4 Å². The standard InChI is InChI=1S/C27H30IN3O3/c1-17(2)18(3)26(32)31-13-7-10-24(31)25-29-15-23(30-25)20-11-12-22(28)21(14-20)27(33)34-16-19-8-5-4-6-9-19/h4-6,8-9,11-12,14-15,17-18,24H,7,10,13,16H2,1-3H3,(H,29,30)/t18-,24-/m0/s1. The first-order valence-corrected chi connectivity index (χ1v) is 12.8. The molecule has 1 saturated heterocycles. The molecule has 1 aliphatic rings. The third kappa shape index (κ3) is 5.35. The summed E-state index contributed by atoms with van der Waals surface area (Å²) in [5.74, 6) is 0.908. The van der Waals surface area contributed by atoms with Crippen LogP contribution >= 0.6 is 22.6 Å². The smallest absolute Gasteiger partial charge is 0.339 e. The molecule has 178 valence electrons. The molecule has 0 aliphatic carbocycles. The number of aromatic nitrogens is 2. The summed E-state index contributed by atoms with van der Waals surface area (Å²) in [6, 6.07) is 15.3. The van der Waals surface area contributed by atoms with Crippen molar-refractivity contribution in [3.05, 3.63) is 75.2 Å². The summed E-state index contributed by atoms with van der Waals surface area (Å²) in [6.45, 7) is 7.15. The number of amides is 1. The van der Waals surface area contributed by atoms with Crippen LogP contribution in [-0.2, 0) is 16.1 Å². The number of likely N-dealkylation sites (tertiary alicyclic amines) is 1. The lowest BCUT2D eigenvalue weighted by Crippen LogP contribution is -2.36. The monoisotopic (exact) mass is 571 g/mol. The molecule has 0 unspecified atom stereocenters. The minimum absolute atomic E-state index is 0.0179. The molecule has 6 nitrogen and oxygen atoms in total. The number of halogens is 1. The van der Waals surface area contributed by atoms with Crippen LogP contribution in [-0.4, -0.2) is 33.3 Å². The number of aromatic amines is 1. The van der Waals surface area contributed by atoms with Gasteiger partial charge in [0, 0.05) is 21.6 Å². The lowest BCUT2D eigenvalue weighted by Gasteiger charge is -2.27. The molecule has 1 fully saturated rings. The number of H-pyrrole nitrogens is 1. The van der Waals surface area contributed by atoms with E-state index in [0.29, 0.717) is 11.5 Å². The van der Waals surface area contributed by atoms with Crippen molar-refractivity contribution in [2.45, 2.75) is 46.3 Å². The lowest BCUT2D eigenvalue weighted by atomic mass is 9.96. The predicted octanol–water partition coefficient (Wildman–Crippen LogP) is 5.99. The highest BCUT2D eigenvalue weighted by atomic mass is 127. The number of carbonyl (C=O) groups excluding carboxylic acids is 2. The molecule has 0 saturated carbocycles. The zero-order chi connectivity index (χ0) is 24.2. The van der Waals surface area contributed by atoms with Gasteiger partial charge in [-0.3, -0.25) is 4.79 Å². The van der Waals surface area contributed by atoms with E-state index in [1.165, 1.54) is 0 Å². The zero-order valence-corrected chi connectivity index (χ0v) is 21.9. The van der Waals surface area contributed by atoms with Gasteiger partial charge in [-0.25, -0.2) is 9.78 Å². The van der Waals surface area contributed by atoms with E-state index in [1.807, 2.05) is 60.4 Å². The van der Waals surface area contributed by atoms with Gasteiger partial charge in [-0.15, -0.1) is 0 Å². The van der Waals surface area contributed by atoms with Crippen LogP contribution in [0.4, 0.5) is 0 Å². The third-order valence-electron chi connectivity index (χ3n) is 6.55. The fraction of sp³-hybridized carbons (Fsp3) is 0.370. The van der Waals surface area contributed by atoms with Gasteiger partial charge in [0.25, 0.3) is 0 Å². The van der Waals surface area contributed by atoms with Crippen LogP contribution in [0, 0.1) is 15.4 Å². The lowest BCUT2D eigenvalue weighted by molar-refractivity contribution is -0.137. The number of benzene rings is 2. The molecular weight excluding hydrogens is 541 g/mol. The minimum Gasteiger partial charge on any atom is -0.457 e. The fourth-order valence-corrected chi connectivity index (χ4v) is 4.72. The Balaban J connectivity index is 1.51. The van der Waals surface area contributed by atoms with E-state index in [4.69, 9.17) is 4.74 Å². The highest BCUT2D eigenvalue weighted by Crippen LogP contribution is 2.34.